The summed E-state index contributed by atoms with van der Waals surface area (Å²) in [6.07, 6.45) is 5.51. The molecule has 6 nitrogen and oxygen atoms in total. The molecule has 0 radical (unpaired) electrons. The number of thiazole rings is 1. The number of carbonyl (C=O) groups is 1. The number of halogens is 1. The van der Waals surface area contributed by atoms with Crippen molar-refractivity contribution in [1.82, 2.24) is 24.6 Å². The Morgan fingerprint density at radius 1 is 1.32 bits per heavy atom. The van der Waals surface area contributed by atoms with E-state index in [2.05, 4.69) is 10.1 Å². The summed E-state index contributed by atoms with van der Waals surface area (Å²) < 4.78 is 2.86. The van der Waals surface area contributed by atoms with Crippen LogP contribution in [-0.2, 0) is 11.3 Å². The molecule has 0 bridgehead atoms. The SMILES string of the molecule is O=C(CCn1cncn1)N1CCC(c2nc3cc(Cl)ccc3s2)CC1. The standard InChI is InChI=1S/C17H18ClN5OS/c18-13-1-2-15-14(9-13)21-17(25-15)12-3-6-22(7-4-12)16(24)5-8-23-11-19-10-20-23/h1-2,9-12H,3-8H2. The summed E-state index contributed by atoms with van der Waals surface area (Å²) in [7, 11) is 0. The predicted octanol–water partition coefficient (Wildman–Crippen LogP) is 3.34. The number of carbonyl (C=O) groups excluding carboxylic acids is 1. The van der Waals surface area contributed by atoms with Gasteiger partial charge in [0.1, 0.15) is 12.7 Å². The lowest BCUT2D eigenvalue weighted by atomic mass is 9.97. The van der Waals surface area contributed by atoms with Crippen molar-refractivity contribution in [3.63, 3.8) is 0 Å². The molecule has 0 aliphatic carbocycles. The van der Waals surface area contributed by atoms with Crippen LogP contribution in [0.2, 0.25) is 5.02 Å². The lowest BCUT2D eigenvalue weighted by molar-refractivity contribution is -0.132. The molecule has 0 saturated carbocycles. The number of benzene rings is 1. The van der Waals surface area contributed by atoms with Crippen LogP contribution in [0.3, 0.4) is 0 Å². The van der Waals surface area contributed by atoms with Gasteiger partial charge in [-0.05, 0) is 31.0 Å². The largest absolute Gasteiger partial charge is 0.343 e. The van der Waals surface area contributed by atoms with Crippen LogP contribution in [0.25, 0.3) is 10.2 Å². The minimum absolute atomic E-state index is 0.185. The van der Waals surface area contributed by atoms with Crippen molar-refractivity contribution < 1.29 is 4.79 Å². The molecule has 1 aliphatic heterocycles. The van der Waals surface area contributed by atoms with E-state index in [0.29, 0.717) is 18.9 Å². The molecule has 4 rings (SSSR count). The molecule has 0 unspecified atom stereocenters. The van der Waals surface area contributed by atoms with E-state index in [-0.39, 0.29) is 5.91 Å². The number of piperidine rings is 1. The Labute approximate surface area is 154 Å². The summed E-state index contributed by atoms with van der Waals surface area (Å²) in [5.41, 5.74) is 0.971. The second-order valence-electron chi connectivity index (χ2n) is 6.23. The third-order valence-corrected chi connectivity index (χ3v) is 6.02. The summed E-state index contributed by atoms with van der Waals surface area (Å²) in [5.74, 6) is 0.612. The molecule has 2 aromatic heterocycles. The molecular formula is C17H18ClN5OS. The number of fused-ring (bicyclic) bond motifs is 1. The predicted molar refractivity (Wildman–Crippen MR) is 97.8 cm³/mol. The Balaban J connectivity index is 1.34. The highest BCUT2D eigenvalue weighted by atomic mass is 35.5. The van der Waals surface area contributed by atoms with E-state index >= 15 is 0 Å². The van der Waals surface area contributed by atoms with Gasteiger partial charge in [0.2, 0.25) is 5.91 Å². The van der Waals surface area contributed by atoms with Gasteiger partial charge >= 0.3 is 0 Å². The van der Waals surface area contributed by atoms with E-state index in [4.69, 9.17) is 16.6 Å². The molecule has 1 fully saturated rings. The molecule has 8 heteroatoms. The molecule has 130 valence electrons. The first-order chi connectivity index (χ1) is 12.2. The third-order valence-electron chi connectivity index (χ3n) is 4.58. The van der Waals surface area contributed by atoms with Gasteiger partial charge in [-0.15, -0.1) is 11.3 Å². The number of aromatic nitrogens is 4. The van der Waals surface area contributed by atoms with Crippen molar-refractivity contribution in [2.24, 2.45) is 0 Å². The molecule has 0 N–H and O–H groups in total. The number of nitrogens with zero attached hydrogens (tertiary/aromatic N) is 5. The van der Waals surface area contributed by atoms with E-state index in [1.165, 1.54) is 11.0 Å². The maximum atomic E-state index is 12.4. The van der Waals surface area contributed by atoms with Crippen LogP contribution in [0, 0.1) is 0 Å². The second-order valence-corrected chi connectivity index (χ2v) is 7.73. The van der Waals surface area contributed by atoms with E-state index in [9.17, 15) is 4.79 Å². The van der Waals surface area contributed by atoms with Crippen molar-refractivity contribution in [3.05, 3.63) is 40.9 Å². The van der Waals surface area contributed by atoms with Crippen LogP contribution < -0.4 is 0 Å². The van der Waals surface area contributed by atoms with E-state index in [1.54, 1.807) is 22.3 Å². The number of likely N-dealkylation sites (tertiary alicyclic amines) is 1. The first-order valence-electron chi connectivity index (χ1n) is 8.35. The van der Waals surface area contributed by atoms with Crippen LogP contribution in [0.15, 0.2) is 30.9 Å². The van der Waals surface area contributed by atoms with Gasteiger partial charge in [-0.3, -0.25) is 9.48 Å². The first-order valence-corrected chi connectivity index (χ1v) is 9.54. The number of amides is 1. The monoisotopic (exact) mass is 375 g/mol. The average molecular weight is 376 g/mol. The number of hydrogen-bond acceptors (Lipinski definition) is 5. The Kier molecular flexibility index (Phi) is 4.67. The topological polar surface area (TPSA) is 63.9 Å². The fourth-order valence-corrected chi connectivity index (χ4v) is 4.47. The summed E-state index contributed by atoms with van der Waals surface area (Å²) in [4.78, 5) is 22.9. The zero-order chi connectivity index (χ0) is 17.2. The fraction of sp³-hybridized carbons (Fsp3) is 0.412. The van der Waals surface area contributed by atoms with Gasteiger partial charge in [0, 0.05) is 30.5 Å². The Morgan fingerprint density at radius 2 is 2.16 bits per heavy atom. The van der Waals surface area contributed by atoms with Crippen molar-refractivity contribution in [2.75, 3.05) is 13.1 Å². The van der Waals surface area contributed by atoms with Gasteiger partial charge in [0.25, 0.3) is 0 Å². The van der Waals surface area contributed by atoms with Crippen LogP contribution in [-0.4, -0.2) is 43.6 Å². The van der Waals surface area contributed by atoms with E-state index in [0.717, 1.165) is 41.5 Å². The number of rotatable bonds is 4. The summed E-state index contributed by atoms with van der Waals surface area (Å²) >= 11 is 7.78. The molecule has 25 heavy (non-hydrogen) atoms. The fourth-order valence-electron chi connectivity index (χ4n) is 3.19. The smallest absolute Gasteiger partial charge is 0.224 e. The quantitative estimate of drug-likeness (QED) is 0.701. The van der Waals surface area contributed by atoms with Crippen molar-refractivity contribution in [3.8, 4) is 0 Å². The van der Waals surface area contributed by atoms with Gasteiger partial charge in [0.05, 0.1) is 21.8 Å². The van der Waals surface area contributed by atoms with Crippen LogP contribution in [0.4, 0.5) is 0 Å². The highest BCUT2D eigenvalue weighted by Crippen LogP contribution is 2.34. The molecule has 1 saturated heterocycles. The van der Waals surface area contributed by atoms with Crippen molar-refractivity contribution in [2.45, 2.75) is 31.7 Å². The normalized spacial score (nSPS) is 15.8. The maximum absolute atomic E-state index is 12.4. The molecule has 1 amide bonds. The Morgan fingerprint density at radius 3 is 2.92 bits per heavy atom. The van der Waals surface area contributed by atoms with Crippen molar-refractivity contribution in [1.29, 1.82) is 0 Å². The zero-order valence-corrected chi connectivity index (χ0v) is 15.2. The minimum atomic E-state index is 0.185. The average Bonchev–Trinajstić information content (AvgIpc) is 3.29. The third kappa shape index (κ3) is 3.67. The van der Waals surface area contributed by atoms with Gasteiger partial charge in [-0.1, -0.05) is 11.6 Å². The molecule has 0 spiro atoms. The van der Waals surface area contributed by atoms with Crippen LogP contribution in [0.5, 0.6) is 0 Å². The molecular weight excluding hydrogens is 358 g/mol. The first kappa shape index (κ1) is 16.5. The molecule has 3 heterocycles. The highest BCUT2D eigenvalue weighted by molar-refractivity contribution is 7.18. The Hall–Kier alpha value is -1.99. The number of hydrogen-bond donors (Lipinski definition) is 0. The molecule has 1 aromatic carbocycles. The van der Waals surface area contributed by atoms with Gasteiger partial charge in [0.15, 0.2) is 0 Å². The lowest BCUT2D eigenvalue weighted by Crippen LogP contribution is -2.38. The van der Waals surface area contributed by atoms with Gasteiger partial charge in [-0.2, -0.15) is 5.10 Å². The molecule has 3 aromatic rings. The van der Waals surface area contributed by atoms with Gasteiger partial charge in [-0.25, -0.2) is 9.97 Å². The summed E-state index contributed by atoms with van der Waals surface area (Å²) in [5, 5.41) is 5.91. The maximum Gasteiger partial charge on any atom is 0.224 e. The Bertz CT molecular complexity index is 870. The minimum Gasteiger partial charge on any atom is -0.343 e. The zero-order valence-electron chi connectivity index (χ0n) is 13.6. The molecule has 1 aliphatic rings. The second kappa shape index (κ2) is 7.09. The number of aryl methyl sites for hydroxylation is 1. The van der Waals surface area contributed by atoms with Gasteiger partial charge < -0.3 is 4.90 Å². The lowest BCUT2D eigenvalue weighted by Gasteiger charge is -2.31. The summed E-state index contributed by atoms with van der Waals surface area (Å²) in [6, 6.07) is 5.85. The van der Waals surface area contributed by atoms with Crippen molar-refractivity contribution >= 4 is 39.1 Å². The highest BCUT2D eigenvalue weighted by Gasteiger charge is 2.25. The van der Waals surface area contributed by atoms with E-state index < -0.39 is 0 Å². The van der Waals surface area contributed by atoms with E-state index in [1.807, 2.05) is 23.1 Å². The molecule has 0 atom stereocenters. The summed E-state index contributed by atoms with van der Waals surface area (Å²) in [6.45, 7) is 2.16. The van der Waals surface area contributed by atoms with Crippen LogP contribution in [0.1, 0.15) is 30.2 Å². The van der Waals surface area contributed by atoms with Crippen LogP contribution >= 0.6 is 22.9 Å².